The Bertz CT molecular complexity index is 430. The summed E-state index contributed by atoms with van der Waals surface area (Å²) >= 11 is 0. The van der Waals surface area contributed by atoms with Crippen molar-refractivity contribution in [2.75, 3.05) is 0 Å². The molecule has 0 spiro atoms. The first-order chi connectivity index (χ1) is 7.74. The van der Waals surface area contributed by atoms with Gasteiger partial charge in [0, 0.05) is 11.6 Å². The van der Waals surface area contributed by atoms with Crippen LogP contribution in [0.25, 0.3) is 0 Å². The molecule has 5 nitrogen and oxygen atoms in total. The van der Waals surface area contributed by atoms with E-state index < -0.39 is 11.4 Å². The number of hydrogen-bond donors (Lipinski definition) is 4. The SMILES string of the molecule is CC(NC(C)(C)C(N)=O)c1cc(O)ccc1O. The summed E-state index contributed by atoms with van der Waals surface area (Å²) in [5.41, 5.74) is 4.87. The molecule has 0 fully saturated rings. The molecular formula is C12H18N2O3. The van der Waals surface area contributed by atoms with Crippen LogP contribution in [0.4, 0.5) is 0 Å². The zero-order chi connectivity index (χ0) is 13.2. The molecule has 5 heteroatoms. The van der Waals surface area contributed by atoms with E-state index in [1.54, 1.807) is 20.8 Å². The number of nitrogens with one attached hydrogen (secondary N) is 1. The zero-order valence-corrected chi connectivity index (χ0v) is 10.2. The van der Waals surface area contributed by atoms with Gasteiger partial charge in [-0.25, -0.2) is 0 Å². The van der Waals surface area contributed by atoms with Crippen LogP contribution in [-0.2, 0) is 4.79 Å². The van der Waals surface area contributed by atoms with Crippen molar-refractivity contribution in [3.05, 3.63) is 23.8 Å². The van der Waals surface area contributed by atoms with Crippen LogP contribution in [0, 0.1) is 0 Å². The second-order valence-electron chi connectivity index (χ2n) is 4.60. The number of rotatable bonds is 4. The van der Waals surface area contributed by atoms with Crippen LogP contribution in [0.5, 0.6) is 11.5 Å². The fraction of sp³-hybridized carbons (Fsp3) is 0.417. The number of carbonyl (C=O) groups is 1. The number of carbonyl (C=O) groups excluding carboxylic acids is 1. The van der Waals surface area contributed by atoms with Crippen molar-refractivity contribution < 1.29 is 15.0 Å². The Labute approximate surface area is 100 Å². The number of hydrogen-bond acceptors (Lipinski definition) is 4. The van der Waals surface area contributed by atoms with E-state index in [9.17, 15) is 15.0 Å². The normalized spacial score (nSPS) is 13.4. The van der Waals surface area contributed by atoms with E-state index in [4.69, 9.17) is 5.73 Å². The molecule has 17 heavy (non-hydrogen) atoms. The predicted octanol–water partition coefficient (Wildman–Crippen LogP) is 1.01. The van der Waals surface area contributed by atoms with E-state index in [0.717, 1.165) is 0 Å². The molecule has 0 saturated heterocycles. The van der Waals surface area contributed by atoms with Crippen LogP contribution < -0.4 is 11.1 Å². The number of primary amides is 1. The second-order valence-corrected chi connectivity index (χ2v) is 4.60. The van der Waals surface area contributed by atoms with Crippen LogP contribution in [0.1, 0.15) is 32.4 Å². The Kier molecular flexibility index (Phi) is 3.63. The monoisotopic (exact) mass is 238 g/mol. The van der Waals surface area contributed by atoms with E-state index in [1.807, 2.05) is 0 Å². The molecule has 0 aliphatic heterocycles. The van der Waals surface area contributed by atoms with Crippen molar-refractivity contribution >= 4 is 5.91 Å². The molecule has 0 bridgehead atoms. The molecule has 0 aliphatic rings. The molecule has 1 atom stereocenters. The third kappa shape index (κ3) is 3.10. The van der Waals surface area contributed by atoms with Crippen molar-refractivity contribution in [1.82, 2.24) is 5.32 Å². The summed E-state index contributed by atoms with van der Waals surface area (Å²) in [6.45, 7) is 5.09. The topological polar surface area (TPSA) is 95.6 Å². The molecule has 1 amide bonds. The van der Waals surface area contributed by atoms with Crippen molar-refractivity contribution in [1.29, 1.82) is 0 Å². The molecule has 94 valence electrons. The van der Waals surface area contributed by atoms with Gasteiger partial charge in [-0.3, -0.25) is 10.1 Å². The Hall–Kier alpha value is -1.75. The van der Waals surface area contributed by atoms with Crippen molar-refractivity contribution in [2.45, 2.75) is 32.4 Å². The van der Waals surface area contributed by atoms with E-state index in [1.165, 1.54) is 18.2 Å². The molecular weight excluding hydrogens is 220 g/mol. The number of amides is 1. The van der Waals surface area contributed by atoms with Gasteiger partial charge in [0.1, 0.15) is 11.5 Å². The lowest BCUT2D eigenvalue weighted by Crippen LogP contribution is -2.51. The quantitative estimate of drug-likeness (QED) is 0.589. The Morgan fingerprint density at radius 1 is 1.41 bits per heavy atom. The minimum Gasteiger partial charge on any atom is -0.508 e. The summed E-state index contributed by atoms with van der Waals surface area (Å²) in [6.07, 6.45) is 0. The van der Waals surface area contributed by atoms with Gasteiger partial charge in [-0.2, -0.15) is 0 Å². The number of nitrogens with two attached hydrogens (primary N) is 1. The number of phenolic OH excluding ortho intramolecular Hbond substituents is 2. The Morgan fingerprint density at radius 2 is 2.00 bits per heavy atom. The maximum Gasteiger partial charge on any atom is 0.237 e. The summed E-state index contributed by atoms with van der Waals surface area (Å²) in [4.78, 5) is 11.2. The molecule has 5 N–H and O–H groups in total. The lowest BCUT2D eigenvalue weighted by atomic mass is 9.99. The van der Waals surface area contributed by atoms with Gasteiger partial charge in [0.2, 0.25) is 5.91 Å². The summed E-state index contributed by atoms with van der Waals surface area (Å²) in [5, 5.41) is 22.0. The van der Waals surface area contributed by atoms with Crippen LogP contribution in [0.3, 0.4) is 0 Å². The van der Waals surface area contributed by atoms with Gasteiger partial charge in [0.05, 0.1) is 5.54 Å². The first-order valence-corrected chi connectivity index (χ1v) is 5.33. The van der Waals surface area contributed by atoms with Gasteiger partial charge in [0.25, 0.3) is 0 Å². The van der Waals surface area contributed by atoms with E-state index in [-0.39, 0.29) is 17.5 Å². The summed E-state index contributed by atoms with van der Waals surface area (Å²) < 4.78 is 0. The lowest BCUT2D eigenvalue weighted by Gasteiger charge is -2.27. The number of phenols is 2. The molecule has 0 saturated carbocycles. The summed E-state index contributed by atoms with van der Waals surface area (Å²) in [6, 6.07) is 3.93. The van der Waals surface area contributed by atoms with Gasteiger partial charge in [0.15, 0.2) is 0 Å². The molecule has 0 heterocycles. The van der Waals surface area contributed by atoms with Crippen molar-refractivity contribution in [3.8, 4) is 11.5 Å². The van der Waals surface area contributed by atoms with Crippen molar-refractivity contribution in [2.24, 2.45) is 5.73 Å². The van der Waals surface area contributed by atoms with Gasteiger partial charge in [-0.1, -0.05) is 0 Å². The van der Waals surface area contributed by atoms with Crippen LogP contribution in [0.2, 0.25) is 0 Å². The molecule has 0 aromatic heterocycles. The maximum atomic E-state index is 11.2. The van der Waals surface area contributed by atoms with Gasteiger partial charge < -0.3 is 15.9 Å². The van der Waals surface area contributed by atoms with E-state index in [2.05, 4.69) is 5.32 Å². The second kappa shape index (κ2) is 4.63. The van der Waals surface area contributed by atoms with Crippen LogP contribution in [0.15, 0.2) is 18.2 Å². The largest absolute Gasteiger partial charge is 0.508 e. The molecule has 0 aliphatic carbocycles. The average Bonchev–Trinajstić information content (AvgIpc) is 2.20. The van der Waals surface area contributed by atoms with Gasteiger partial charge in [-0.05, 0) is 39.0 Å². The fourth-order valence-electron chi connectivity index (χ4n) is 1.58. The first-order valence-electron chi connectivity index (χ1n) is 5.33. The first kappa shape index (κ1) is 13.3. The van der Waals surface area contributed by atoms with Crippen LogP contribution >= 0.6 is 0 Å². The highest BCUT2D eigenvalue weighted by molar-refractivity contribution is 5.83. The minimum atomic E-state index is -0.892. The molecule has 1 aromatic carbocycles. The lowest BCUT2D eigenvalue weighted by molar-refractivity contribution is -0.123. The average molecular weight is 238 g/mol. The fourth-order valence-corrected chi connectivity index (χ4v) is 1.58. The smallest absolute Gasteiger partial charge is 0.237 e. The number of aromatic hydroxyl groups is 2. The molecule has 1 aromatic rings. The predicted molar refractivity (Wildman–Crippen MR) is 64.6 cm³/mol. The summed E-state index contributed by atoms with van der Waals surface area (Å²) in [5.74, 6) is -0.365. The molecule has 1 unspecified atom stereocenters. The van der Waals surface area contributed by atoms with Crippen LogP contribution in [-0.4, -0.2) is 21.7 Å². The van der Waals surface area contributed by atoms with E-state index >= 15 is 0 Å². The molecule has 1 rings (SSSR count). The highest BCUT2D eigenvalue weighted by Gasteiger charge is 2.27. The third-order valence-corrected chi connectivity index (χ3v) is 2.67. The highest BCUT2D eigenvalue weighted by atomic mass is 16.3. The Morgan fingerprint density at radius 3 is 2.53 bits per heavy atom. The minimum absolute atomic E-state index is 0.0584. The van der Waals surface area contributed by atoms with E-state index in [0.29, 0.717) is 5.56 Å². The molecule has 0 radical (unpaired) electrons. The highest BCUT2D eigenvalue weighted by Crippen LogP contribution is 2.28. The van der Waals surface area contributed by atoms with Crippen molar-refractivity contribution in [3.63, 3.8) is 0 Å². The summed E-state index contributed by atoms with van der Waals surface area (Å²) in [7, 11) is 0. The van der Waals surface area contributed by atoms with Gasteiger partial charge in [-0.15, -0.1) is 0 Å². The Balaban J connectivity index is 2.94. The van der Waals surface area contributed by atoms with Gasteiger partial charge >= 0.3 is 0 Å². The standard InChI is InChI=1S/C12H18N2O3/c1-7(14-12(2,3)11(13)17)9-6-8(15)4-5-10(9)16/h4-7,14-16H,1-3H3,(H2,13,17). The number of benzene rings is 1. The third-order valence-electron chi connectivity index (χ3n) is 2.67. The zero-order valence-electron chi connectivity index (χ0n) is 10.2. The maximum absolute atomic E-state index is 11.2.